The lowest BCUT2D eigenvalue weighted by Gasteiger charge is -2.26. The van der Waals surface area contributed by atoms with Crippen molar-refractivity contribution in [1.82, 2.24) is 9.62 Å². The van der Waals surface area contributed by atoms with Crippen LogP contribution >= 0.6 is 0 Å². The van der Waals surface area contributed by atoms with Gasteiger partial charge in [0.2, 0.25) is 10.0 Å². The summed E-state index contributed by atoms with van der Waals surface area (Å²) in [6.07, 6.45) is 3.95. The van der Waals surface area contributed by atoms with Crippen molar-refractivity contribution in [3.05, 3.63) is 35.4 Å². The molecule has 1 aliphatic heterocycles. The highest BCUT2D eigenvalue weighted by Crippen LogP contribution is 2.13. The highest BCUT2D eigenvalue weighted by atomic mass is 32.2. The molecule has 1 aromatic carbocycles. The molecule has 0 aliphatic carbocycles. The van der Waals surface area contributed by atoms with Crippen molar-refractivity contribution in [1.29, 1.82) is 0 Å². The van der Waals surface area contributed by atoms with Gasteiger partial charge < -0.3 is 0 Å². The van der Waals surface area contributed by atoms with Crippen LogP contribution in [-0.2, 0) is 23.1 Å². The van der Waals surface area contributed by atoms with E-state index < -0.39 is 15.3 Å². The Balaban J connectivity index is 1.87. The average molecular weight is 310 g/mol. The summed E-state index contributed by atoms with van der Waals surface area (Å²) in [4.78, 5) is 2.49. The first-order valence-electron chi connectivity index (χ1n) is 7.76. The van der Waals surface area contributed by atoms with Crippen molar-refractivity contribution in [2.24, 2.45) is 0 Å². The number of nitrogens with zero attached hydrogens (tertiary/aromatic N) is 1. The quantitative estimate of drug-likeness (QED) is 0.878. The maximum atomic E-state index is 11.7. The second kappa shape index (κ2) is 7.38. The van der Waals surface area contributed by atoms with Crippen LogP contribution in [0.15, 0.2) is 24.3 Å². The van der Waals surface area contributed by atoms with Crippen LogP contribution in [0.5, 0.6) is 0 Å². The average Bonchev–Trinajstić information content (AvgIpc) is 2.47. The van der Waals surface area contributed by atoms with Gasteiger partial charge >= 0.3 is 0 Å². The summed E-state index contributed by atoms with van der Waals surface area (Å²) >= 11 is 0. The van der Waals surface area contributed by atoms with Crippen LogP contribution in [-0.4, -0.2) is 31.7 Å². The third-order valence-electron chi connectivity index (χ3n) is 3.98. The van der Waals surface area contributed by atoms with Crippen LogP contribution in [0, 0.1) is 0 Å². The minimum absolute atomic E-state index is 0.366. The topological polar surface area (TPSA) is 49.4 Å². The summed E-state index contributed by atoms with van der Waals surface area (Å²) in [5.41, 5.74) is 2.30. The first kappa shape index (κ1) is 16.5. The van der Waals surface area contributed by atoms with Gasteiger partial charge in [-0.3, -0.25) is 4.90 Å². The van der Waals surface area contributed by atoms with E-state index >= 15 is 0 Å². The summed E-state index contributed by atoms with van der Waals surface area (Å²) in [5.74, 6) is 0. The third-order valence-corrected chi connectivity index (χ3v) is 5.76. The molecule has 1 N–H and O–H groups in total. The molecule has 1 saturated heterocycles. The highest BCUT2D eigenvalue weighted by Gasteiger charge is 2.15. The van der Waals surface area contributed by atoms with Crippen LogP contribution in [0.3, 0.4) is 0 Å². The molecule has 0 atom stereocenters. The summed E-state index contributed by atoms with van der Waals surface area (Å²) in [6, 6.07) is 8.24. The van der Waals surface area contributed by atoms with Crippen molar-refractivity contribution >= 4 is 10.0 Å². The molecule has 0 radical (unpaired) electrons. The minimum atomic E-state index is -3.19. The lowest BCUT2D eigenvalue weighted by molar-refractivity contribution is 0.221. The van der Waals surface area contributed by atoms with E-state index in [1.807, 2.05) is 12.1 Å². The van der Waals surface area contributed by atoms with Crippen LogP contribution in [0.4, 0.5) is 0 Å². The third kappa shape index (κ3) is 5.09. The van der Waals surface area contributed by atoms with E-state index in [2.05, 4.69) is 21.8 Å². The fourth-order valence-electron chi connectivity index (χ4n) is 2.49. The highest BCUT2D eigenvalue weighted by molar-refractivity contribution is 7.90. The lowest BCUT2D eigenvalue weighted by Crippen LogP contribution is -2.30. The number of rotatable bonds is 6. The van der Waals surface area contributed by atoms with Crippen molar-refractivity contribution in [2.45, 2.75) is 51.4 Å². The summed E-state index contributed by atoms with van der Waals surface area (Å²) < 4.78 is 26.1. The zero-order valence-electron chi connectivity index (χ0n) is 13.0. The minimum Gasteiger partial charge on any atom is -0.299 e. The van der Waals surface area contributed by atoms with Crippen molar-refractivity contribution in [2.75, 3.05) is 13.1 Å². The molecule has 118 valence electrons. The Hall–Kier alpha value is -0.910. The molecule has 1 aliphatic rings. The smallest absolute Gasteiger partial charge is 0.214 e. The van der Waals surface area contributed by atoms with E-state index in [4.69, 9.17) is 0 Å². The normalized spacial score (nSPS) is 17.3. The largest absolute Gasteiger partial charge is 0.299 e. The molecule has 0 aromatic heterocycles. The molecule has 2 rings (SSSR count). The second-order valence-corrected chi connectivity index (χ2v) is 8.39. The lowest BCUT2D eigenvalue weighted by atomic mass is 10.1. The fraction of sp³-hybridized carbons (Fsp3) is 0.625. The van der Waals surface area contributed by atoms with E-state index in [1.165, 1.54) is 37.9 Å². The molecule has 1 heterocycles. The van der Waals surface area contributed by atoms with Gasteiger partial charge in [-0.25, -0.2) is 13.1 Å². The summed E-state index contributed by atoms with van der Waals surface area (Å²) in [7, 11) is -3.19. The Labute approximate surface area is 128 Å². The van der Waals surface area contributed by atoms with Crippen LogP contribution in [0.1, 0.15) is 44.2 Å². The number of piperidine rings is 1. The molecule has 5 heteroatoms. The molecule has 0 amide bonds. The van der Waals surface area contributed by atoms with Gasteiger partial charge in [0.25, 0.3) is 0 Å². The molecule has 4 nitrogen and oxygen atoms in total. The van der Waals surface area contributed by atoms with Gasteiger partial charge in [0.1, 0.15) is 0 Å². The van der Waals surface area contributed by atoms with Gasteiger partial charge in [0, 0.05) is 13.1 Å². The fourth-order valence-corrected chi connectivity index (χ4v) is 3.19. The number of benzene rings is 1. The number of hydrogen-bond acceptors (Lipinski definition) is 3. The summed E-state index contributed by atoms with van der Waals surface area (Å²) in [6.45, 7) is 7.11. The second-order valence-electron chi connectivity index (χ2n) is 6.07. The van der Waals surface area contributed by atoms with Gasteiger partial charge in [-0.2, -0.15) is 0 Å². The summed E-state index contributed by atoms with van der Waals surface area (Å²) in [5, 5.41) is -0.393. The van der Waals surface area contributed by atoms with E-state index in [-0.39, 0.29) is 0 Å². The maximum Gasteiger partial charge on any atom is 0.214 e. The van der Waals surface area contributed by atoms with Crippen LogP contribution < -0.4 is 4.72 Å². The van der Waals surface area contributed by atoms with Gasteiger partial charge in [-0.1, -0.05) is 30.7 Å². The van der Waals surface area contributed by atoms with E-state index in [0.717, 1.165) is 12.1 Å². The van der Waals surface area contributed by atoms with Crippen molar-refractivity contribution < 1.29 is 8.42 Å². The Bertz CT molecular complexity index is 532. The first-order valence-corrected chi connectivity index (χ1v) is 9.30. The molecule has 0 unspecified atom stereocenters. The van der Waals surface area contributed by atoms with Gasteiger partial charge in [0.15, 0.2) is 0 Å². The molecular formula is C16H26N2O2S. The molecule has 1 aromatic rings. The predicted molar refractivity (Wildman–Crippen MR) is 86.5 cm³/mol. The zero-order valence-corrected chi connectivity index (χ0v) is 13.8. The Kier molecular flexibility index (Phi) is 5.79. The number of sulfonamides is 1. The maximum absolute atomic E-state index is 11.7. The zero-order chi connectivity index (χ0) is 15.3. The van der Waals surface area contributed by atoms with E-state index in [1.54, 1.807) is 13.8 Å². The van der Waals surface area contributed by atoms with Gasteiger partial charge in [-0.15, -0.1) is 0 Å². The molecule has 21 heavy (non-hydrogen) atoms. The molecule has 1 fully saturated rings. The molecular weight excluding hydrogens is 284 g/mol. The monoisotopic (exact) mass is 310 g/mol. The SMILES string of the molecule is CC(C)S(=O)(=O)NCc1ccc(CN2CCCCC2)cc1. The number of hydrogen-bond donors (Lipinski definition) is 1. The van der Waals surface area contributed by atoms with Crippen LogP contribution in [0.2, 0.25) is 0 Å². The Morgan fingerprint density at radius 1 is 1.05 bits per heavy atom. The van der Waals surface area contributed by atoms with Crippen molar-refractivity contribution in [3.8, 4) is 0 Å². The molecule has 0 saturated carbocycles. The molecule has 0 bridgehead atoms. The van der Waals surface area contributed by atoms with E-state index in [0.29, 0.717) is 6.54 Å². The Morgan fingerprint density at radius 3 is 2.19 bits per heavy atom. The number of likely N-dealkylation sites (tertiary alicyclic amines) is 1. The predicted octanol–water partition coefficient (Wildman–Crippen LogP) is 2.50. The van der Waals surface area contributed by atoms with Crippen molar-refractivity contribution in [3.63, 3.8) is 0 Å². The molecule has 0 spiro atoms. The van der Waals surface area contributed by atoms with Crippen LogP contribution in [0.25, 0.3) is 0 Å². The van der Waals surface area contributed by atoms with Gasteiger partial charge in [0.05, 0.1) is 5.25 Å². The number of nitrogens with one attached hydrogen (secondary N) is 1. The first-order chi connectivity index (χ1) is 9.97. The van der Waals surface area contributed by atoms with Gasteiger partial charge in [-0.05, 0) is 50.9 Å². The Morgan fingerprint density at radius 2 is 1.62 bits per heavy atom. The standard InChI is InChI=1S/C16H26N2O2S/c1-14(2)21(19,20)17-12-15-6-8-16(9-7-15)13-18-10-4-3-5-11-18/h6-9,14,17H,3-5,10-13H2,1-2H3. The van der Waals surface area contributed by atoms with E-state index in [9.17, 15) is 8.42 Å².